The zero-order chi connectivity index (χ0) is 11.9. The maximum absolute atomic E-state index is 11.3. The number of carboxylic acid groups (broad SMARTS) is 1. The molecule has 1 N–H and O–H groups in total. The summed E-state index contributed by atoms with van der Waals surface area (Å²) in [4.78, 5) is 11.3. The number of hydrogen-bond donors (Lipinski definition) is 1. The maximum atomic E-state index is 11.3. The highest BCUT2D eigenvalue weighted by Gasteiger charge is 2.54. The van der Waals surface area contributed by atoms with Crippen LogP contribution in [0.1, 0.15) is 24.0 Å². The van der Waals surface area contributed by atoms with Gasteiger partial charge in [0.15, 0.2) is 0 Å². The molecular weight excluding hydrogens is 272 g/mol. The fourth-order valence-electron chi connectivity index (χ4n) is 2.12. The van der Waals surface area contributed by atoms with Crippen molar-refractivity contribution < 1.29 is 14.6 Å². The Morgan fingerprint density at radius 2 is 2.12 bits per heavy atom. The van der Waals surface area contributed by atoms with Crippen LogP contribution in [0.4, 0.5) is 0 Å². The number of benzene rings is 1. The van der Waals surface area contributed by atoms with E-state index in [9.17, 15) is 9.90 Å². The Balaban J connectivity index is 2.63. The van der Waals surface area contributed by atoms with Gasteiger partial charge in [0.05, 0.1) is 12.5 Å². The molecule has 86 valence electrons. The molecule has 1 aromatic rings. The molecule has 0 spiro atoms. The molecule has 0 aromatic heterocycles. The molecule has 2 rings (SSSR count). The molecule has 1 aromatic carbocycles. The summed E-state index contributed by atoms with van der Waals surface area (Å²) in [6, 6.07) is 3.70. The van der Waals surface area contributed by atoms with Crippen LogP contribution in [-0.2, 0) is 10.2 Å². The number of carbonyl (C=O) groups is 1. The topological polar surface area (TPSA) is 46.5 Å². The number of carboxylic acids is 1. The van der Waals surface area contributed by atoms with Crippen LogP contribution in [0.3, 0.4) is 0 Å². The second-order valence-electron chi connectivity index (χ2n) is 4.14. The van der Waals surface area contributed by atoms with Gasteiger partial charge in [0, 0.05) is 10.0 Å². The summed E-state index contributed by atoms with van der Waals surface area (Å²) in [6.45, 7) is 1.92. The first-order chi connectivity index (χ1) is 7.53. The molecule has 0 amide bonds. The Morgan fingerprint density at radius 3 is 2.56 bits per heavy atom. The highest BCUT2D eigenvalue weighted by molar-refractivity contribution is 9.10. The van der Waals surface area contributed by atoms with Crippen molar-refractivity contribution in [2.45, 2.75) is 25.2 Å². The van der Waals surface area contributed by atoms with E-state index in [1.54, 1.807) is 7.11 Å². The van der Waals surface area contributed by atoms with E-state index < -0.39 is 11.4 Å². The van der Waals surface area contributed by atoms with E-state index in [-0.39, 0.29) is 0 Å². The van der Waals surface area contributed by atoms with Gasteiger partial charge in [0.2, 0.25) is 0 Å². The molecule has 0 heterocycles. The van der Waals surface area contributed by atoms with E-state index in [4.69, 9.17) is 4.74 Å². The lowest BCUT2D eigenvalue weighted by Gasteiger charge is -2.18. The predicted molar refractivity (Wildman–Crippen MR) is 64.0 cm³/mol. The number of halogens is 1. The van der Waals surface area contributed by atoms with Gasteiger partial charge < -0.3 is 9.84 Å². The quantitative estimate of drug-likeness (QED) is 0.928. The first-order valence-corrected chi connectivity index (χ1v) is 5.89. The fraction of sp³-hybridized carbons (Fsp3) is 0.417. The molecule has 4 heteroatoms. The average Bonchev–Trinajstić information content (AvgIpc) is 3.03. The highest BCUT2D eigenvalue weighted by atomic mass is 79.9. The van der Waals surface area contributed by atoms with E-state index >= 15 is 0 Å². The lowest BCUT2D eigenvalue weighted by molar-refractivity contribution is -0.140. The summed E-state index contributed by atoms with van der Waals surface area (Å²) < 4.78 is 6.20. The lowest BCUT2D eigenvalue weighted by Crippen LogP contribution is -2.21. The molecule has 0 aliphatic heterocycles. The Morgan fingerprint density at radius 1 is 1.50 bits per heavy atom. The Kier molecular flexibility index (Phi) is 2.70. The van der Waals surface area contributed by atoms with Crippen molar-refractivity contribution in [2.75, 3.05) is 7.11 Å². The number of methoxy groups -OCH3 is 1. The summed E-state index contributed by atoms with van der Waals surface area (Å²) >= 11 is 3.43. The van der Waals surface area contributed by atoms with E-state index in [0.29, 0.717) is 18.6 Å². The van der Waals surface area contributed by atoms with Crippen molar-refractivity contribution in [1.82, 2.24) is 0 Å². The summed E-state index contributed by atoms with van der Waals surface area (Å²) in [5.74, 6) is -0.0902. The van der Waals surface area contributed by atoms with Gasteiger partial charge in [-0.3, -0.25) is 4.79 Å². The second-order valence-corrected chi connectivity index (χ2v) is 4.99. The third kappa shape index (κ3) is 1.52. The van der Waals surface area contributed by atoms with Crippen molar-refractivity contribution in [1.29, 1.82) is 0 Å². The van der Waals surface area contributed by atoms with Gasteiger partial charge in [0.1, 0.15) is 5.75 Å². The minimum absolute atomic E-state index is 0.667. The highest BCUT2D eigenvalue weighted by Crippen LogP contribution is 2.53. The van der Waals surface area contributed by atoms with E-state index in [0.717, 1.165) is 15.6 Å². The zero-order valence-corrected chi connectivity index (χ0v) is 10.8. The van der Waals surface area contributed by atoms with Crippen molar-refractivity contribution >= 4 is 21.9 Å². The van der Waals surface area contributed by atoms with Crippen LogP contribution in [0.2, 0.25) is 0 Å². The minimum atomic E-state index is -0.757. The van der Waals surface area contributed by atoms with E-state index in [1.165, 1.54) is 0 Å². The first-order valence-electron chi connectivity index (χ1n) is 5.10. The van der Waals surface area contributed by atoms with Gasteiger partial charge in [-0.15, -0.1) is 0 Å². The third-order valence-electron chi connectivity index (χ3n) is 3.22. The fourth-order valence-corrected chi connectivity index (χ4v) is 2.45. The van der Waals surface area contributed by atoms with Gasteiger partial charge >= 0.3 is 5.97 Å². The van der Waals surface area contributed by atoms with Gasteiger partial charge in [-0.2, -0.15) is 0 Å². The van der Waals surface area contributed by atoms with Crippen LogP contribution in [0.15, 0.2) is 16.6 Å². The lowest BCUT2D eigenvalue weighted by atomic mass is 9.91. The maximum Gasteiger partial charge on any atom is 0.314 e. The monoisotopic (exact) mass is 284 g/mol. The van der Waals surface area contributed by atoms with Gasteiger partial charge in [-0.1, -0.05) is 15.9 Å². The molecule has 1 fully saturated rings. The normalized spacial score (nSPS) is 16.9. The summed E-state index contributed by atoms with van der Waals surface area (Å²) in [5.41, 5.74) is 1.05. The van der Waals surface area contributed by atoms with Crippen molar-refractivity contribution in [3.63, 3.8) is 0 Å². The Hall–Kier alpha value is -1.03. The number of ether oxygens (including phenoxy) is 1. The zero-order valence-electron chi connectivity index (χ0n) is 9.21. The molecule has 1 aliphatic carbocycles. The molecule has 0 unspecified atom stereocenters. The van der Waals surface area contributed by atoms with E-state index in [2.05, 4.69) is 15.9 Å². The SMILES string of the molecule is COc1ccc(Br)c(C)c1C1(C(=O)O)CC1. The Bertz CT molecular complexity index is 450. The summed E-state index contributed by atoms with van der Waals surface area (Å²) in [6.07, 6.45) is 1.38. The summed E-state index contributed by atoms with van der Waals surface area (Å²) in [5, 5.41) is 9.32. The van der Waals surface area contributed by atoms with Crippen LogP contribution < -0.4 is 4.74 Å². The van der Waals surface area contributed by atoms with Gasteiger partial charge in [-0.05, 0) is 37.5 Å². The Labute approximate surface area is 103 Å². The third-order valence-corrected chi connectivity index (χ3v) is 4.08. The molecule has 3 nitrogen and oxygen atoms in total. The van der Waals surface area contributed by atoms with Crippen molar-refractivity contribution in [2.24, 2.45) is 0 Å². The largest absolute Gasteiger partial charge is 0.496 e. The molecule has 1 saturated carbocycles. The molecule has 1 aliphatic rings. The average molecular weight is 285 g/mol. The standard InChI is InChI=1S/C12H13BrO3/c1-7-8(13)3-4-9(16-2)10(7)12(5-6-12)11(14)15/h3-4H,5-6H2,1-2H3,(H,14,15). The predicted octanol–water partition coefficient (Wildman–Crippen LogP) is 2.88. The van der Waals surface area contributed by atoms with Crippen molar-refractivity contribution in [3.05, 3.63) is 27.7 Å². The number of hydrogen-bond acceptors (Lipinski definition) is 2. The molecule has 0 saturated heterocycles. The molecular formula is C12H13BrO3. The second kappa shape index (κ2) is 3.77. The molecule has 0 atom stereocenters. The molecule has 0 bridgehead atoms. The molecule has 16 heavy (non-hydrogen) atoms. The van der Waals surface area contributed by atoms with Gasteiger partial charge in [0.25, 0.3) is 0 Å². The molecule has 0 radical (unpaired) electrons. The smallest absolute Gasteiger partial charge is 0.314 e. The number of aliphatic carboxylic acids is 1. The van der Waals surface area contributed by atoms with Crippen LogP contribution in [0.5, 0.6) is 5.75 Å². The van der Waals surface area contributed by atoms with Gasteiger partial charge in [-0.25, -0.2) is 0 Å². The van der Waals surface area contributed by atoms with Crippen LogP contribution in [0.25, 0.3) is 0 Å². The van der Waals surface area contributed by atoms with Crippen molar-refractivity contribution in [3.8, 4) is 5.75 Å². The van der Waals surface area contributed by atoms with Crippen LogP contribution >= 0.6 is 15.9 Å². The minimum Gasteiger partial charge on any atom is -0.496 e. The van der Waals surface area contributed by atoms with E-state index in [1.807, 2.05) is 19.1 Å². The number of rotatable bonds is 3. The van der Waals surface area contributed by atoms with Crippen LogP contribution in [0, 0.1) is 6.92 Å². The summed E-state index contributed by atoms with van der Waals surface area (Å²) in [7, 11) is 1.57. The first kappa shape index (κ1) is 11.5. The van der Waals surface area contributed by atoms with Crippen LogP contribution in [-0.4, -0.2) is 18.2 Å².